The summed E-state index contributed by atoms with van der Waals surface area (Å²) in [6, 6.07) is 3.51. The Bertz CT molecular complexity index is 256. The predicted octanol–water partition coefficient (Wildman–Crippen LogP) is 3.35. The first-order valence-electron chi connectivity index (χ1n) is 4.36. The van der Waals surface area contributed by atoms with Crippen LogP contribution < -0.4 is 5.32 Å². The monoisotopic (exact) mass is 223 g/mol. The second-order valence-electron chi connectivity index (χ2n) is 2.97. The van der Waals surface area contributed by atoms with Gasteiger partial charge in [0.15, 0.2) is 0 Å². The fraction of sp³-hybridized carbons (Fsp3) is 0.556. The van der Waals surface area contributed by atoms with Crippen molar-refractivity contribution in [3.8, 4) is 0 Å². The van der Waals surface area contributed by atoms with Crippen LogP contribution in [0.2, 0.25) is 0 Å². The van der Waals surface area contributed by atoms with Crippen LogP contribution in [0.3, 0.4) is 0 Å². The van der Waals surface area contributed by atoms with E-state index in [9.17, 15) is 13.2 Å². The molecule has 1 atom stereocenters. The maximum absolute atomic E-state index is 11.9. The smallest absolute Gasteiger partial charge is 0.301 e. The molecule has 0 amide bonds. The van der Waals surface area contributed by atoms with Crippen molar-refractivity contribution in [2.75, 3.05) is 6.54 Å². The predicted molar refractivity (Wildman–Crippen MR) is 51.4 cm³/mol. The minimum Gasteiger partial charge on any atom is -0.301 e. The number of rotatable bonds is 4. The molecule has 0 bridgehead atoms. The third kappa shape index (κ3) is 3.67. The van der Waals surface area contributed by atoms with Crippen LogP contribution in [-0.2, 0) is 0 Å². The number of hydrogen-bond acceptors (Lipinski definition) is 2. The largest absolute Gasteiger partial charge is 0.401 e. The quantitative estimate of drug-likeness (QED) is 0.825. The molecule has 1 aromatic rings. The molecule has 1 nitrogen and oxygen atoms in total. The normalized spacial score (nSPS) is 14.3. The lowest BCUT2D eigenvalue weighted by Crippen LogP contribution is -2.31. The molecule has 0 fully saturated rings. The number of hydrogen-bond donors (Lipinski definition) is 1. The van der Waals surface area contributed by atoms with E-state index in [0.29, 0.717) is 6.42 Å². The molecule has 0 spiro atoms. The van der Waals surface area contributed by atoms with Gasteiger partial charge in [-0.15, -0.1) is 11.3 Å². The van der Waals surface area contributed by atoms with E-state index in [2.05, 4.69) is 5.32 Å². The third-order valence-electron chi connectivity index (χ3n) is 1.84. The van der Waals surface area contributed by atoms with Crippen molar-refractivity contribution < 1.29 is 13.2 Å². The van der Waals surface area contributed by atoms with E-state index >= 15 is 0 Å². The summed E-state index contributed by atoms with van der Waals surface area (Å²) >= 11 is 1.48. The van der Waals surface area contributed by atoms with Gasteiger partial charge in [-0.3, -0.25) is 0 Å². The first kappa shape index (κ1) is 11.5. The number of nitrogens with one attached hydrogen (secondary N) is 1. The van der Waals surface area contributed by atoms with Crippen molar-refractivity contribution >= 4 is 11.3 Å². The minimum atomic E-state index is -4.13. The van der Waals surface area contributed by atoms with Gasteiger partial charge in [-0.05, 0) is 17.9 Å². The molecular weight excluding hydrogens is 211 g/mol. The van der Waals surface area contributed by atoms with Crippen molar-refractivity contribution in [3.05, 3.63) is 22.4 Å². The zero-order valence-corrected chi connectivity index (χ0v) is 8.58. The van der Waals surface area contributed by atoms with Gasteiger partial charge >= 0.3 is 6.18 Å². The average molecular weight is 223 g/mol. The SMILES string of the molecule is CCC(NCC(F)(F)F)c1cccs1. The van der Waals surface area contributed by atoms with Crippen molar-refractivity contribution in [1.82, 2.24) is 5.32 Å². The maximum Gasteiger partial charge on any atom is 0.401 e. The van der Waals surface area contributed by atoms with E-state index in [0.717, 1.165) is 4.88 Å². The Hall–Kier alpha value is -0.550. The third-order valence-corrected chi connectivity index (χ3v) is 2.83. The van der Waals surface area contributed by atoms with Crippen LogP contribution in [0, 0.1) is 0 Å². The van der Waals surface area contributed by atoms with Crippen LogP contribution in [0.15, 0.2) is 17.5 Å². The first-order chi connectivity index (χ1) is 6.53. The highest BCUT2D eigenvalue weighted by atomic mass is 32.1. The Morgan fingerprint density at radius 1 is 1.50 bits per heavy atom. The van der Waals surface area contributed by atoms with Crippen LogP contribution in [0.5, 0.6) is 0 Å². The molecule has 1 aromatic heterocycles. The van der Waals surface area contributed by atoms with E-state index in [1.807, 2.05) is 24.4 Å². The van der Waals surface area contributed by atoms with Crippen molar-refractivity contribution in [2.45, 2.75) is 25.6 Å². The zero-order chi connectivity index (χ0) is 10.6. The second-order valence-corrected chi connectivity index (χ2v) is 3.95. The molecule has 5 heteroatoms. The Labute approximate surface area is 84.9 Å². The maximum atomic E-state index is 11.9. The molecule has 1 unspecified atom stereocenters. The fourth-order valence-electron chi connectivity index (χ4n) is 1.17. The molecule has 0 aliphatic rings. The Balaban J connectivity index is 2.49. The van der Waals surface area contributed by atoms with E-state index in [1.54, 1.807) is 0 Å². The molecule has 0 aromatic carbocycles. The van der Waals surface area contributed by atoms with Gasteiger partial charge in [0.2, 0.25) is 0 Å². The number of thiophene rings is 1. The summed E-state index contributed by atoms with van der Waals surface area (Å²) in [7, 11) is 0. The summed E-state index contributed by atoms with van der Waals surface area (Å²) in [6.07, 6.45) is -3.47. The van der Waals surface area contributed by atoms with Crippen LogP contribution in [0.25, 0.3) is 0 Å². The van der Waals surface area contributed by atoms with Gasteiger partial charge in [-0.1, -0.05) is 13.0 Å². The highest BCUT2D eigenvalue weighted by Gasteiger charge is 2.28. The van der Waals surface area contributed by atoms with E-state index in [-0.39, 0.29) is 6.04 Å². The average Bonchev–Trinajstić information content (AvgIpc) is 2.56. The number of halogens is 3. The van der Waals surface area contributed by atoms with Crippen molar-refractivity contribution in [1.29, 1.82) is 0 Å². The highest BCUT2D eigenvalue weighted by molar-refractivity contribution is 7.10. The summed E-state index contributed by atoms with van der Waals surface area (Å²) in [4.78, 5) is 0.955. The second kappa shape index (κ2) is 4.79. The lowest BCUT2D eigenvalue weighted by atomic mass is 10.2. The first-order valence-corrected chi connectivity index (χ1v) is 5.24. The molecule has 1 N–H and O–H groups in total. The van der Waals surface area contributed by atoms with Gasteiger partial charge in [0.25, 0.3) is 0 Å². The van der Waals surface area contributed by atoms with Crippen LogP contribution in [-0.4, -0.2) is 12.7 Å². The standard InChI is InChI=1S/C9H12F3NS/c1-2-7(8-4-3-5-14-8)13-6-9(10,11)12/h3-5,7,13H,2,6H2,1H3. The molecule has 0 saturated carbocycles. The summed E-state index contributed by atoms with van der Waals surface area (Å²) in [6.45, 7) is 0.942. The molecule has 0 aliphatic heterocycles. The summed E-state index contributed by atoms with van der Waals surface area (Å²) in [5, 5.41) is 4.37. The van der Waals surface area contributed by atoms with Crippen LogP contribution in [0.1, 0.15) is 24.3 Å². The Kier molecular flexibility index (Phi) is 3.95. The van der Waals surface area contributed by atoms with Crippen LogP contribution in [0.4, 0.5) is 13.2 Å². The minimum absolute atomic E-state index is 0.184. The lowest BCUT2D eigenvalue weighted by Gasteiger charge is -2.16. The molecule has 1 heterocycles. The number of alkyl halides is 3. The van der Waals surface area contributed by atoms with Gasteiger partial charge in [0.05, 0.1) is 6.54 Å². The molecule has 1 rings (SSSR count). The van der Waals surface area contributed by atoms with E-state index in [1.165, 1.54) is 11.3 Å². The van der Waals surface area contributed by atoms with Crippen molar-refractivity contribution in [2.24, 2.45) is 0 Å². The fourth-order valence-corrected chi connectivity index (χ4v) is 2.06. The van der Waals surface area contributed by atoms with Gasteiger partial charge in [0, 0.05) is 10.9 Å². The van der Waals surface area contributed by atoms with Crippen molar-refractivity contribution in [3.63, 3.8) is 0 Å². The van der Waals surface area contributed by atoms with Crippen LogP contribution >= 0.6 is 11.3 Å². The van der Waals surface area contributed by atoms with E-state index in [4.69, 9.17) is 0 Å². The van der Waals surface area contributed by atoms with Gasteiger partial charge in [-0.25, -0.2) is 0 Å². The van der Waals surface area contributed by atoms with Gasteiger partial charge < -0.3 is 5.32 Å². The van der Waals surface area contributed by atoms with Gasteiger partial charge in [0.1, 0.15) is 0 Å². The van der Waals surface area contributed by atoms with Gasteiger partial charge in [-0.2, -0.15) is 13.2 Å². The molecule has 14 heavy (non-hydrogen) atoms. The highest BCUT2D eigenvalue weighted by Crippen LogP contribution is 2.23. The molecular formula is C9H12F3NS. The summed E-state index contributed by atoms with van der Waals surface area (Å²) < 4.78 is 35.8. The molecule has 0 radical (unpaired) electrons. The topological polar surface area (TPSA) is 12.0 Å². The lowest BCUT2D eigenvalue weighted by molar-refractivity contribution is -0.126. The molecule has 0 saturated heterocycles. The Morgan fingerprint density at radius 2 is 2.21 bits per heavy atom. The van der Waals surface area contributed by atoms with E-state index < -0.39 is 12.7 Å². The zero-order valence-electron chi connectivity index (χ0n) is 7.77. The Morgan fingerprint density at radius 3 is 2.64 bits per heavy atom. The summed E-state index contributed by atoms with van der Waals surface area (Å²) in [5.41, 5.74) is 0. The molecule has 0 aliphatic carbocycles. The molecule has 80 valence electrons. The summed E-state index contributed by atoms with van der Waals surface area (Å²) in [5.74, 6) is 0.